The standard InChI is InChI=1S/C23H39N5O.HI/c1-3-12-27-13-10-21(11-14-27)26-23(24-4-2)25-19-22(20-8-6-5-7-9-20)28-15-17-29-18-16-28;/h5-9,21-22H,3-4,10-19H2,1-2H3,(H2,24,25,26);1H. The van der Waals surface area contributed by atoms with Crippen LogP contribution >= 0.6 is 24.0 Å². The first-order valence-electron chi connectivity index (χ1n) is 11.4. The molecule has 1 aromatic rings. The van der Waals surface area contributed by atoms with Gasteiger partial charge < -0.3 is 20.3 Å². The van der Waals surface area contributed by atoms with E-state index in [1.165, 1.54) is 44.5 Å². The summed E-state index contributed by atoms with van der Waals surface area (Å²) in [5.74, 6) is 0.954. The first-order valence-corrected chi connectivity index (χ1v) is 11.4. The lowest BCUT2D eigenvalue weighted by atomic mass is 10.0. The van der Waals surface area contributed by atoms with Gasteiger partial charge in [0, 0.05) is 38.8 Å². The summed E-state index contributed by atoms with van der Waals surface area (Å²) in [5, 5.41) is 7.16. The van der Waals surface area contributed by atoms with Crippen LogP contribution in [0.3, 0.4) is 0 Å². The molecular weight excluding hydrogens is 489 g/mol. The third kappa shape index (κ3) is 7.98. The normalized spacial score (nSPS) is 20.4. The second-order valence-corrected chi connectivity index (χ2v) is 8.05. The topological polar surface area (TPSA) is 52.1 Å². The SMILES string of the molecule is CCCN1CCC(NC(=NCC(c2ccccc2)N2CCOCC2)NCC)CC1.I. The Morgan fingerprint density at radius 2 is 1.80 bits per heavy atom. The van der Waals surface area contributed by atoms with E-state index >= 15 is 0 Å². The Balaban J connectivity index is 0.00000320. The predicted octanol–water partition coefficient (Wildman–Crippen LogP) is 3.11. The molecule has 0 saturated carbocycles. The van der Waals surface area contributed by atoms with Crippen molar-refractivity contribution in [2.45, 2.75) is 45.2 Å². The number of morpholine rings is 1. The van der Waals surface area contributed by atoms with Gasteiger partial charge in [-0.2, -0.15) is 0 Å². The van der Waals surface area contributed by atoms with Gasteiger partial charge in [0.25, 0.3) is 0 Å². The van der Waals surface area contributed by atoms with Gasteiger partial charge in [-0.3, -0.25) is 9.89 Å². The van der Waals surface area contributed by atoms with Crippen molar-refractivity contribution in [1.29, 1.82) is 0 Å². The minimum atomic E-state index is 0. The molecule has 1 unspecified atom stereocenters. The van der Waals surface area contributed by atoms with E-state index in [1.54, 1.807) is 0 Å². The highest BCUT2D eigenvalue weighted by Crippen LogP contribution is 2.22. The zero-order valence-corrected chi connectivity index (χ0v) is 21.0. The highest BCUT2D eigenvalue weighted by atomic mass is 127. The summed E-state index contributed by atoms with van der Waals surface area (Å²) in [4.78, 5) is 10.1. The number of halogens is 1. The maximum atomic E-state index is 5.57. The van der Waals surface area contributed by atoms with E-state index in [9.17, 15) is 0 Å². The van der Waals surface area contributed by atoms with Crippen molar-refractivity contribution in [1.82, 2.24) is 20.4 Å². The summed E-state index contributed by atoms with van der Waals surface area (Å²) in [6.45, 7) is 13.2. The zero-order chi connectivity index (χ0) is 20.3. The van der Waals surface area contributed by atoms with E-state index in [-0.39, 0.29) is 24.0 Å². The maximum Gasteiger partial charge on any atom is 0.191 e. The van der Waals surface area contributed by atoms with Crippen LogP contribution in [-0.4, -0.2) is 80.8 Å². The molecule has 0 aromatic heterocycles. The van der Waals surface area contributed by atoms with Crippen molar-refractivity contribution in [3.8, 4) is 0 Å². The molecule has 2 aliphatic heterocycles. The van der Waals surface area contributed by atoms with Gasteiger partial charge in [0.2, 0.25) is 0 Å². The molecule has 0 spiro atoms. The van der Waals surface area contributed by atoms with Gasteiger partial charge in [-0.25, -0.2) is 0 Å². The molecule has 2 heterocycles. The van der Waals surface area contributed by atoms with E-state index in [1.807, 2.05) is 0 Å². The van der Waals surface area contributed by atoms with Gasteiger partial charge in [0.05, 0.1) is 25.8 Å². The van der Waals surface area contributed by atoms with Gasteiger partial charge in [-0.05, 0) is 38.3 Å². The Morgan fingerprint density at radius 1 is 1.10 bits per heavy atom. The molecule has 0 bridgehead atoms. The number of hydrogen-bond acceptors (Lipinski definition) is 4. The van der Waals surface area contributed by atoms with E-state index in [2.05, 4.69) is 64.6 Å². The zero-order valence-electron chi connectivity index (χ0n) is 18.7. The van der Waals surface area contributed by atoms with Gasteiger partial charge in [0.1, 0.15) is 0 Å². The lowest BCUT2D eigenvalue weighted by Gasteiger charge is -2.35. The number of likely N-dealkylation sites (tertiary alicyclic amines) is 1. The number of ether oxygens (including phenoxy) is 1. The number of nitrogens with zero attached hydrogens (tertiary/aromatic N) is 3. The second kappa shape index (κ2) is 14.2. The van der Waals surface area contributed by atoms with Crippen molar-refractivity contribution in [3.63, 3.8) is 0 Å². The quantitative estimate of drug-likeness (QED) is 0.308. The molecule has 0 radical (unpaired) electrons. The second-order valence-electron chi connectivity index (χ2n) is 8.05. The van der Waals surface area contributed by atoms with Crippen molar-refractivity contribution in [2.24, 2.45) is 4.99 Å². The molecule has 2 N–H and O–H groups in total. The van der Waals surface area contributed by atoms with Crippen LogP contribution in [0.5, 0.6) is 0 Å². The molecule has 1 aromatic carbocycles. The minimum Gasteiger partial charge on any atom is -0.379 e. The van der Waals surface area contributed by atoms with Crippen molar-refractivity contribution < 1.29 is 4.74 Å². The number of guanidine groups is 1. The summed E-state index contributed by atoms with van der Waals surface area (Å²) in [6.07, 6.45) is 3.62. The average Bonchev–Trinajstić information content (AvgIpc) is 2.77. The monoisotopic (exact) mass is 529 g/mol. The van der Waals surface area contributed by atoms with E-state index in [0.29, 0.717) is 12.1 Å². The third-order valence-corrected chi connectivity index (χ3v) is 5.91. The van der Waals surface area contributed by atoms with Crippen molar-refractivity contribution >= 4 is 29.9 Å². The Kier molecular flexibility index (Phi) is 12.0. The van der Waals surface area contributed by atoms with Gasteiger partial charge in [-0.1, -0.05) is 37.3 Å². The lowest BCUT2D eigenvalue weighted by molar-refractivity contribution is 0.0179. The number of benzene rings is 1. The predicted molar refractivity (Wildman–Crippen MR) is 136 cm³/mol. The fourth-order valence-electron chi connectivity index (χ4n) is 4.30. The van der Waals surface area contributed by atoms with Crippen LogP contribution in [0, 0.1) is 0 Å². The van der Waals surface area contributed by atoms with E-state index < -0.39 is 0 Å². The Morgan fingerprint density at radius 3 is 2.43 bits per heavy atom. The molecule has 2 saturated heterocycles. The molecule has 2 aliphatic rings. The maximum absolute atomic E-state index is 5.57. The van der Waals surface area contributed by atoms with Crippen LogP contribution in [0.4, 0.5) is 0 Å². The molecule has 0 aliphatic carbocycles. The fourth-order valence-corrected chi connectivity index (χ4v) is 4.30. The summed E-state index contributed by atoms with van der Waals surface area (Å²) >= 11 is 0. The summed E-state index contributed by atoms with van der Waals surface area (Å²) < 4.78 is 5.57. The van der Waals surface area contributed by atoms with Crippen LogP contribution in [0.25, 0.3) is 0 Å². The van der Waals surface area contributed by atoms with Gasteiger partial charge in [-0.15, -0.1) is 24.0 Å². The lowest BCUT2D eigenvalue weighted by Crippen LogP contribution is -2.49. The molecule has 0 amide bonds. The Labute approximate surface area is 199 Å². The van der Waals surface area contributed by atoms with E-state index in [0.717, 1.165) is 45.4 Å². The first-order chi connectivity index (χ1) is 14.3. The van der Waals surface area contributed by atoms with Crippen LogP contribution in [0.1, 0.15) is 44.7 Å². The molecule has 1 atom stereocenters. The van der Waals surface area contributed by atoms with Crippen molar-refractivity contribution in [3.05, 3.63) is 35.9 Å². The third-order valence-electron chi connectivity index (χ3n) is 5.91. The van der Waals surface area contributed by atoms with Crippen LogP contribution < -0.4 is 10.6 Å². The number of nitrogens with one attached hydrogen (secondary N) is 2. The molecule has 7 heteroatoms. The highest BCUT2D eigenvalue weighted by Gasteiger charge is 2.23. The van der Waals surface area contributed by atoms with Crippen LogP contribution in [0.2, 0.25) is 0 Å². The average molecular weight is 530 g/mol. The Bertz CT molecular complexity index is 601. The van der Waals surface area contributed by atoms with Crippen LogP contribution in [0.15, 0.2) is 35.3 Å². The molecule has 6 nitrogen and oxygen atoms in total. The van der Waals surface area contributed by atoms with Gasteiger partial charge >= 0.3 is 0 Å². The number of piperidine rings is 1. The Hall–Kier alpha value is -0.900. The molecule has 170 valence electrons. The molecule has 2 fully saturated rings. The largest absolute Gasteiger partial charge is 0.379 e. The summed E-state index contributed by atoms with van der Waals surface area (Å²) in [6, 6.07) is 11.6. The van der Waals surface area contributed by atoms with Gasteiger partial charge in [0.15, 0.2) is 5.96 Å². The molecule has 3 rings (SSSR count). The molecular formula is C23H40IN5O. The smallest absolute Gasteiger partial charge is 0.191 e. The van der Waals surface area contributed by atoms with Crippen LogP contribution in [-0.2, 0) is 4.74 Å². The summed E-state index contributed by atoms with van der Waals surface area (Å²) in [5.41, 5.74) is 1.34. The first kappa shape index (κ1) is 25.4. The molecule has 30 heavy (non-hydrogen) atoms. The number of aliphatic imine (C=N–C) groups is 1. The fraction of sp³-hybridized carbons (Fsp3) is 0.696. The minimum absolute atomic E-state index is 0. The highest BCUT2D eigenvalue weighted by molar-refractivity contribution is 14.0. The number of rotatable bonds is 8. The van der Waals surface area contributed by atoms with Crippen molar-refractivity contribution in [2.75, 3.05) is 59.0 Å². The van der Waals surface area contributed by atoms with E-state index in [4.69, 9.17) is 9.73 Å². The summed E-state index contributed by atoms with van der Waals surface area (Å²) in [7, 11) is 0. The number of hydrogen-bond donors (Lipinski definition) is 2.